The highest BCUT2D eigenvalue weighted by Crippen LogP contribution is 2.12. The Morgan fingerprint density at radius 3 is 3.00 bits per heavy atom. The van der Waals surface area contributed by atoms with Crippen molar-refractivity contribution in [2.45, 2.75) is 12.5 Å². The van der Waals surface area contributed by atoms with Gasteiger partial charge in [-0.3, -0.25) is 4.90 Å². The van der Waals surface area contributed by atoms with Gasteiger partial charge in [0.05, 0.1) is 6.10 Å². The fourth-order valence-electron chi connectivity index (χ4n) is 2.01. The van der Waals surface area contributed by atoms with Crippen LogP contribution >= 0.6 is 11.8 Å². The Morgan fingerprint density at radius 1 is 1.47 bits per heavy atom. The average Bonchev–Trinajstić information content (AvgIpc) is 2.29. The molecule has 2 aliphatic rings. The Labute approximate surface area is 95.9 Å². The van der Waals surface area contributed by atoms with Crippen LogP contribution in [0, 0.1) is 0 Å². The van der Waals surface area contributed by atoms with Gasteiger partial charge >= 0.3 is 0 Å². The number of aliphatic hydroxyl groups excluding tert-OH is 1. The zero-order valence-electron chi connectivity index (χ0n) is 9.11. The van der Waals surface area contributed by atoms with Crippen molar-refractivity contribution >= 4 is 11.8 Å². The van der Waals surface area contributed by atoms with E-state index in [1.54, 1.807) is 0 Å². The van der Waals surface area contributed by atoms with E-state index >= 15 is 0 Å². The molecule has 0 aromatic carbocycles. The molecule has 15 heavy (non-hydrogen) atoms. The van der Waals surface area contributed by atoms with E-state index in [4.69, 9.17) is 0 Å². The van der Waals surface area contributed by atoms with Crippen molar-refractivity contribution in [3.05, 3.63) is 11.6 Å². The average molecular weight is 228 g/mol. The molecular formula is C11H20N2OS. The molecule has 86 valence electrons. The van der Waals surface area contributed by atoms with Crippen LogP contribution in [0.15, 0.2) is 11.6 Å². The lowest BCUT2D eigenvalue weighted by Gasteiger charge is -2.27. The molecule has 4 heteroatoms. The topological polar surface area (TPSA) is 35.5 Å². The van der Waals surface area contributed by atoms with Crippen LogP contribution in [0.5, 0.6) is 0 Å². The molecule has 0 aromatic rings. The van der Waals surface area contributed by atoms with E-state index in [0.29, 0.717) is 0 Å². The molecule has 2 saturated heterocycles. The van der Waals surface area contributed by atoms with Gasteiger partial charge < -0.3 is 10.4 Å². The van der Waals surface area contributed by atoms with Crippen LogP contribution in [-0.2, 0) is 0 Å². The van der Waals surface area contributed by atoms with E-state index < -0.39 is 0 Å². The van der Waals surface area contributed by atoms with Crippen molar-refractivity contribution in [3.63, 3.8) is 0 Å². The second kappa shape index (κ2) is 5.89. The van der Waals surface area contributed by atoms with Gasteiger partial charge in [-0.2, -0.15) is 11.8 Å². The standard InChI is InChI=1S/C11H20N2OS/c14-11-1-3-12-9-10(11)2-4-13-5-7-15-8-6-13/h2,11-12,14H,1,3-9H2. The fraction of sp³-hybridized carbons (Fsp3) is 0.818. The summed E-state index contributed by atoms with van der Waals surface area (Å²) < 4.78 is 0. The van der Waals surface area contributed by atoms with Crippen LogP contribution in [0.3, 0.4) is 0 Å². The molecular weight excluding hydrogens is 208 g/mol. The maximum atomic E-state index is 9.77. The molecule has 2 heterocycles. The molecule has 0 bridgehead atoms. The smallest absolute Gasteiger partial charge is 0.0775 e. The predicted octanol–water partition coefficient (Wildman–Crippen LogP) is 0.316. The summed E-state index contributed by atoms with van der Waals surface area (Å²) in [5.74, 6) is 2.51. The molecule has 2 aliphatic heterocycles. The summed E-state index contributed by atoms with van der Waals surface area (Å²) in [6.07, 6.45) is 2.87. The van der Waals surface area contributed by atoms with Crippen LogP contribution in [0.25, 0.3) is 0 Å². The summed E-state index contributed by atoms with van der Waals surface area (Å²) >= 11 is 2.04. The van der Waals surface area contributed by atoms with Gasteiger partial charge in [0.2, 0.25) is 0 Å². The maximum absolute atomic E-state index is 9.77. The van der Waals surface area contributed by atoms with Gasteiger partial charge in [0, 0.05) is 37.7 Å². The van der Waals surface area contributed by atoms with Gasteiger partial charge in [-0.05, 0) is 18.5 Å². The van der Waals surface area contributed by atoms with E-state index in [2.05, 4.69) is 16.3 Å². The summed E-state index contributed by atoms with van der Waals surface area (Å²) in [4.78, 5) is 2.46. The molecule has 2 fully saturated rings. The van der Waals surface area contributed by atoms with Crippen molar-refractivity contribution in [3.8, 4) is 0 Å². The lowest BCUT2D eigenvalue weighted by atomic mass is 10.0. The van der Waals surface area contributed by atoms with Crippen molar-refractivity contribution in [1.82, 2.24) is 10.2 Å². The van der Waals surface area contributed by atoms with Crippen LogP contribution in [-0.4, -0.2) is 60.3 Å². The van der Waals surface area contributed by atoms with Gasteiger partial charge in [-0.15, -0.1) is 0 Å². The highest BCUT2D eigenvalue weighted by atomic mass is 32.2. The summed E-state index contributed by atoms with van der Waals surface area (Å²) in [6, 6.07) is 0. The predicted molar refractivity (Wildman–Crippen MR) is 65.3 cm³/mol. The van der Waals surface area contributed by atoms with Gasteiger partial charge in [-0.25, -0.2) is 0 Å². The van der Waals surface area contributed by atoms with E-state index in [1.807, 2.05) is 11.8 Å². The molecule has 1 unspecified atom stereocenters. The Morgan fingerprint density at radius 2 is 2.27 bits per heavy atom. The van der Waals surface area contributed by atoms with E-state index in [1.165, 1.54) is 30.2 Å². The third kappa shape index (κ3) is 3.48. The third-order valence-electron chi connectivity index (χ3n) is 3.07. The number of nitrogens with zero attached hydrogens (tertiary/aromatic N) is 1. The van der Waals surface area contributed by atoms with Crippen LogP contribution in [0.2, 0.25) is 0 Å². The first kappa shape index (κ1) is 11.5. The number of hydrogen-bond donors (Lipinski definition) is 2. The number of piperidine rings is 1. The summed E-state index contributed by atoms with van der Waals surface area (Å²) in [6.45, 7) is 5.20. The minimum Gasteiger partial charge on any atom is -0.389 e. The van der Waals surface area contributed by atoms with Gasteiger partial charge in [0.1, 0.15) is 0 Å². The number of hydrogen-bond acceptors (Lipinski definition) is 4. The monoisotopic (exact) mass is 228 g/mol. The first-order valence-electron chi connectivity index (χ1n) is 5.74. The number of thioether (sulfide) groups is 1. The number of nitrogens with one attached hydrogen (secondary N) is 1. The highest BCUT2D eigenvalue weighted by Gasteiger charge is 2.16. The quantitative estimate of drug-likeness (QED) is 0.667. The third-order valence-corrected chi connectivity index (χ3v) is 4.01. The van der Waals surface area contributed by atoms with Crippen molar-refractivity contribution in [1.29, 1.82) is 0 Å². The molecule has 1 atom stereocenters. The second-order valence-electron chi connectivity index (χ2n) is 4.17. The van der Waals surface area contributed by atoms with Crippen molar-refractivity contribution < 1.29 is 5.11 Å². The molecule has 0 aromatic heterocycles. The lowest BCUT2D eigenvalue weighted by molar-refractivity contribution is 0.183. The summed E-state index contributed by atoms with van der Waals surface area (Å²) in [5.41, 5.74) is 1.18. The maximum Gasteiger partial charge on any atom is 0.0775 e. The van der Waals surface area contributed by atoms with Gasteiger partial charge in [0.15, 0.2) is 0 Å². The van der Waals surface area contributed by atoms with Crippen molar-refractivity contribution in [2.75, 3.05) is 44.2 Å². The molecule has 0 radical (unpaired) electrons. The Kier molecular flexibility index (Phi) is 4.50. The molecule has 0 amide bonds. The fourth-order valence-corrected chi connectivity index (χ4v) is 2.99. The largest absolute Gasteiger partial charge is 0.389 e. The van der Waals surface area contributed by atoms with Gasteiger partial charge in [-0.1, -0.05) is 6.08 Å². The Bertz CT molecular complexity index is 227. The van der Waals surface area contributed by atoms with E-state index in [0.717, 1.165) is 26.1 Å². The number of aliphatic hydroxyl groups is 1. The molecule has 0 spiro atoms. The lowest BCUT2D eigenvalue weighted by Crippen LogP contribution is -2.36. The highest BCUT2D eigenvalue weighted by molar-refractivity contribution is 7.99. The van der Waals surface area contributed by atoms with E-state index in [9.17, 15) is 5.11 Å². The SMILES string of the molecule is OC1CCNCC1=CCN1CCSCC1. The van der Waals surface area contributed by atoms with Gasteiger partial charge in [0.25, 0.3) is 0 Å². The van der Waals surface area contributed by atoms with E-state index in [-0.39, 0.29) is 6.10 Å². The summed E-state index contributed by atoms with van der Waals surface area (Å²) in [5, 5.41) is 13.1. The zero-order valence-corrected chi connectivity index (χ0v) is 9.93. The Balaban J connectivity index is 1.80. The minimum atomic E-state index is -0.203. The molecule has 3 nitrogen and oxygen atoms in total. The molecule has 0 aliphatic carbocycles. The normalized spacial score (nSPS) is 32.1. The molecule has 0 saturated carbocycles. The molecule has 2 rings (SSSR count). The van der Waals surface area contributed by atoms with Crippen LogP contribution < -0.4 is 5.32 Å². The van der Waals surface area contributed by atoms with Crippen LogP contribution in [0.1, 0.15) is 6.42 Å². The molecule has 2 N–H and O–H groups in total. The first-order chi connectivity index (χ1) is 7.36. The van der Waals surface area contributed by atoms with Crippen LogP contribution in [0.4, 0.5) is 0 Å². The minimum absolute atomic E-state index is 0.203. The number of rotatable bonds is 2. The second-order valence-corrected chi connectivity index (χ2v) is 5.40. The first-order valence-corrected chi connectivity index (χ1v) is 6.89. The summed E-state index contributed by atoms with van der Waals surface area (Å²) in [7, 11) is 0. The Hall–Kier alpha value is -0.0300. The zero-order chi connectivity index (χ0) is 10.5. The van der Waals surface area contributed by atoms with Crippen molar-refractivity contribution in [2.24, 2.45) is 0 Å².